The van der Waals surface area contributed by atoms with Crippen molar-refractivity contribution >= 4 is 18.5 Å². The van der Waals surface area contributed by atoms with E-state index < -0.39 is 0 Å². The van der Waals surface area contributed by atoms with E-state index in [0.717, 1.165) is 19.6 Å². The third-order valence-electron chi connectivity index (χ3n) is 1.98. The van der Waals surface area contributed by atoms with Gasteiger partial charge in [-0.3, -0.25) is 9.69 Å². The van der Waals surface area contributed by atoms with E-state index in [1.165, 1.54) is 0 Å². The van der Waals surface area contributed by atoms with Gasteiger partial charge in [0.15, 0.2) is 0 Å². The molecule has 15 heavy (non-hydrogen) atoms. The minimum absolute atomic E-state index is 0.0467. The summed E-state index contributed by atoms with van der Waals surface area (Å²) in [7, 11) is 0. The minimum Gasteiger partial charge on any atom is -0.355 e. The number of nitrogens with two attached hydrogens (primary N) is 2. The highest BCUT2D eigenvalue weighted by atomic mass is 32.1. The van der Waals surface area contributed by atoms with Crippen molar-refractivity contribution in [2.45, 2.75) is 6.42 Å². The fraction of sp³-hybridized carbons (Fsp3) is 0.889. The molecule has 5 nitrogen and oxygen atoms in total. The predicted molar refractivity (Wildman–Crippen MR) is 66.0 cm³/mol. The van der Waals surface area contributed by atoms with Crippen LogP contribution in [0.25, 0.3) is 0 Å². The smallest absolute Gasteiger partial charge is 0.220 e. The van der Waals surface area contributed by atoms with Crippen molar-refractivity contribution in [3.63, 3.8) is 0 Å². The minimum atomic E-state index is 0.0467. The molecule has 0 radical (unpaired) electrons. The topological polar surface area (TPSA) is 84.4 Å². The van der Waals surface area contributed by atoms with Crippen LogP contribution in [0, 0.1) is 0 Å². The van der Waals surface area contributed by atoms with Crippen molar-refractivity contribution in [3.8, 4) is 0 Å². The summed E-state index contributed by atoms with van der Waals surface area (Å²) in [6, 6.07) is 0. The quantitative estimate of drug-likeness (QED) is 0.371. The molecule has 0 aromatic heterocycles. The first-order valence-corrected chi connectivity index (χ1v) is 5.88. The lowest BCUT2D eigenvalue weighted by Gasteiger charge is -2.20. The third-order valence-corrected chi connectivity index (χ3v) is 2.20. The first kappa shape index (κ1) is 14.7. The van der Waals surface area contributed by atoms with E-state index in [0.29, 0.717) is 31.8 Å². The maximum Gasteiger partial charge on any atom is 0.220 e. The van der Waals surface area contributed by atoms with Gasteiger partial charge in [-0.25, -0.2) is 0 Å². The zero-order chi connectivity index (χ0) is 11.5. The van der Waals surface area contributed by atoms with Gasteiger partial charge in [-0.2, -0.15) is 12.6 Å². The molecule has 0 fully saturated rings. The highest BCUT2D eigenvalue weighted by molar-refractivity contribution is 7.80. The fourth-order valence-electron chi connectivity index (χ4n) is 1.24. The van der Waals surface area contributed by atoms with Crippen molar-refractivity contribution in [1.29, 1.82) is 0 Å². The van der Waals surface area contributed by atoms with Crippen molar-refractivity contribution in [2.24, 2.45) is 11.5 Å². The molecular weight excluding hydrogens is 212 g/mol. The Balaban J connectivity index is 3.55. The summed E-state index contributed by atoms with van der Waals surface area (Å²) in [6.07, 6.45) is 0.469. The van der Waals surface area contributed by atoms with E-state index in [1.807, 2.05) is 0 Å². The maximum atomic E-state index is 11.1. The number of amides is 1. The van der Waals surface area contributed by atoms with Crippen LogP contribution in [0.5, 0.6) is 0 Å². The normalized spacial score (nSPS) is 10.7. The second-order valence-corrected chi connectivity index (χ2v) is 3.69. The number of thiol groups is 1. The van der Waals surface area contributed by atoms with E-state index in [9.17, 15) is 4.79 Å². The number of nitrogens with zero attached hydrogens (tertiary/aromatic N) is 1. The lowest BCUT2D eigenvalue weighted by molar-refractivity contribution is -0.120. The first-order chi connectivity index (χ1) is 7.24. The molecule has 0 heterocycles. The molecule has 6 heteroatoms. The highest BCUT2D eigenvalue weighted by Crippen LogP contribution is 1.86. The van der Waals surface area contributed by atoms with Crippen molar-refractivity contribution in [2.75, 3.05) is 45.0 Å². The van der Waals surface area contributed by atoms with Crippen LogP contribution in [0.2, 0.25) is 0 Å². The Kier molecular flexibility index (Phi) is 10.0. The van der Waals surface area contributed by atoms with Crippen molar-refractivity contribution in [3.05, 3.63) is 0 Å². The van der Waals surface area contributed by atoms with Crippen LogP contribution in [0.3, 0.4) is 0 Å². The summed E-state index contributed by atoms with van der Waals surface area (Å²) in [6.45, 7) is 4.31. The van der Waals surface area contributed by atoms with Gasteiger partial charge < -0.3 is 16.8 Å². The SMILES string of the molecule is NCCN(CCN)CCNC(=O)CCS. The zero-order valence-electron chi connectivity index (χ0n) is 9.11. The second kappa shape index (κ2) is 10.2. The fourth-order valence-corrected chi connectivity index (χ4v) is 1.45. The number of hydrogen-bond donors (Lipinski definition) is 4. The number of carbonyl (C=O) groups excluding carboxylic acids is 1. The molecule has 0 bridgehead atoms. The number of carbonyl (C=O) groups is 1. The molecule has 0 saturated carbocycles. The van der Waals surface area contributed by atoms with Crippen LogP contribution in [0.15, 0.2) is 0 Å². The molecule has 0 rings (SSSR count). The van der Waals surface area contributed by atoms with Crippen LogP contribution in [0.4, 0.5) is 0 Å². The molecule has 5 N–H and O–H groups in total. The monoisotopic (exact) mass is 234 g/mol. The standard InChI is InChI=1S/C9H22N4OS/c10-2-5-13(6-3-11)7-4-12-9(14)1-8-15/h15H,1-8,10-11H2,(H,12,14). The Hall–Kier alpha value is -0.300. The van der Waals surface area contributed by atoms with E-state index in [-0.39, 0.29) is 5.91 Å². The molecule has 1 amide bonds. The molecule has 90 valence electrons. The summed E-state index contributed by atoms with van der Waals surface area (Å²) in [4.78, 5) is 13.3. The molecule has 0 aliphatic rings. The number of rotatable bonds is 9. The molecule has 0 aromatic carbocycles. The van der Waals surface area contributed by atoms with Crippen molar-refractivity contribution in [1.82, 2.24) is 10.2 Å². The summed E-state index contributed by atoms with van der Waals surface area (Å²) in [5.74, 6) is 0.631. The van der Waals surface area contributed by atoms with Crippen LogP contribution < -0.4 is 16.8 Å². The lowest BCUT2D eigenvalue weighted by atomic mass is 10.4. The van der Waals surface area contributed by atoms with Crippen molar-refractivity contribution < 1.29 is 4.79 Å². The van der Waals surface area contributed by atoms with E-state index in [4.69, 9.17) is 11.5 Å². The molecule has 0 saturated heterocycles. The predicted octanol–water partition coefficient (Wildman–Crippen LogP) is -1.36. The van der Waals surface area contributed by atoms with Gasteiger partial charge in [0.05, 0.1) is 0 Å². The third kappa shape index (κ3) is 8.68. The molecular formula is C9H22N4OS. The lowest BCUT2D eigenvalue weighted by Crippen LogP contribution is -2.39. The largest absolute Gasteiger partial charge is 0.355 e. The molecule has 0 aromatic rings. The molecule has 0 atom stereocenters. The van der Waals surface area contributed by atoms with E-state index in [1.54, 1.807) is 0 Å². The number of hydrogen-bond acceptors (Lipinski definition) is 5. The highest BCUT2D eigenvalue weighted by Gasteiger charge is 2.03. The molecule has 0 unspecified atom stereocenters. The second-order valence-electron chi connectivity index (χ2n) is 3.24. The Morgan fingerprint density at radius 1 is 1.20 bits per heavy atom. The van der Waals surface area contributed by atoms with Gasteiger partial charge in [0.1, 0.15) is 0 Å². The summed E-state index contributed by atoms with van der Waals surface area (Å²) in [5, 5.41) is 2.82. The van der Waals surface area contributed by atoms with Crippen LogP contribution in [-0.2, 0) is 4.79 Å². The Morgan fingerprint density at radius 2 is 1.80 bits per heavy atom. The average Bonchev–Trinajstić information content (AvgIpc) is 2.19. The van der Waals surface area contributed by atoms with E-state index >= 15 is 0 Å². The summed E-state index contributed by atoms with van der Waals surface area (Å²) < 4.78 is 0. The Bertz CT molecular complexity index is 162. The number of nitrogens with one attached hydrogen (secondary N) is 1. The summed E-state index contributed by atoms with van der Waals surface area (Å²) >= 11 is 3.99. The van der Waals surface area contributed by atoms with Gasteiger partial charge in [0.2, 0.25) is 5.91 Å². The van der Waals surface area contributed by atoms with Gasteiger partial charge in [-0.1, -0.05) is 0 Å². The van der Waals surface area contributed by atoms with Gasteiger partial charge in [0, 0.05) is 45.7 Å². The first-order valence-electron chi connectivity index (χ1n) is 5.24. The summed E-state index contributed by atoms with van der Waals surface area (Å²) in [5.41, 5.74) is 10.9. The maximum absolute atomic E-state index is 11.1. The van der Waals surface area contributed by atoms with Gasteiger partial charge in [0.25, 0.3) is 0 Å². The zero-order valence-corrected chi connectivity index (χ0v) is 10.0. The Labute approximate surface area is 97.0 Å². The van der Waals surface area contributed by atoms with E-state index in [2.05, 4.69) is 22.8 Å². The Morgan fingerprint density at radius 3 is 2.27 bits per heavy atom. The van der Waals surface area contributed by atoms with Gasteiger partial charge in [-0.15, -0.1) is 0 Å². The average molecular weight is 234 g/mol. The van der Waals surface area contributed by atoms with Crippen LogP contribution >= 0.6 is 12.6 Å². The molecule has 0 aliphatic carbocycles. The molecule has 0 aliphatic heterocycles. The van der Waals surface area contributed by atoms with Gasteiger partial charge >= 0.3 is 0 Å². The molecule has 0 spiro atoms. The van der Waals surface area contributed by atoms with Crippen LogP contribution in [0.1, 0.15) is 6.42 Å². The van der Waals surface area contributed by atoms with Crippen LogP contribution in [-0.4, -0.2) is 55.8 Å². The van der Waals surface area contributed by atoms with Gasteiger partial charge in [-0.05, 0) is 5.75 Å².